The van der Waals surface area contributed by atoms with E-state index < -0.39 is 28.5 Å². The summed E-state index contributed by atoms with van der Waals surface area (Å²) in [5.41, 5.74) is 0. The third-order valence-corrected chi connectivity index (χ3v) is 4.70. The first-order chi connectivity index (χ1) is 11.4. The minimum atomic E-state index is -3.82. The van der Waals surface area contributed by atoms with Crippen LogP contribution in [0.1, 0.15) is 6.42 Å². The molecule has 10 heteroatoms. The Morgan fingerprint density at radius 3 is 2.58 bits per heavy atom. The molecular weight excluding hydrogens is 360 g/mol. The maximum atomic E-state index is 12.0. The zero-order chi connectivity index (χ0) is 18.0. The summed E-state index contributed by atoms with van der Waals surface area (Å²) in [7, 11) is -2.32. The van der Waals surface area contributed by atoms with Crippen LogP contribution in [0.4, 0.5) is 0 Å². The fraction of sp³-hybridized carbons (Fsp3) is 0.429. The maximum absolute atomic E-state index is 12.0. The molecule has 0 heterocycles. The van der Waals surface area contributed by atoms with Crippen molar-refractivity contribution in [1.82, 2.24) is 10.0 Å². The predicted octanol–water partition coefficient (Wildman–Crippen LogP) is 0.314. The average Bonchev–Trinajstić information content (AvgIpc) is 2.53. The van der Waals surface area contributed by atoms with Crippen molar-refractivity contribution in [3.63, 3.8) is 0 Å². The third kappa shape index (κ3) is 7.26. The number of benzene rings is 1. The summed E-state index contributed by atoms with van der Waals surface area (Å²) in [6.45, 7) is 0.0610. The van der Waals surface area contributed by atoms with E-state index in [1.54, 1.807) is 6.07 Å². The SMILES string of the molecule is COCCNC(=O)COC(=O)CCNS(=O)(=O)c1ccccc1Cl. The van der Waals surface area contributed by atoms with Crippen LogP contribution in [0, 0.1) is 0 Å². The molecule has 2 N–H and O–H groups in total. The Kier molecular flexibility index (Phi) is 8.69. The molecule has 0 aliphatic carbocycles. The van der Waals surface area contributed by atoms with Gasteiger partial charge in [0.1, 0.15) is 4.90 Å². The Morgan fingerprint density at radius 1 is 1.21 bits per heavy atom. The topological polar surface area (TPSA) is 111 Å². The van der Waals surface area contributed by atoms with Crippen molar-refractivity contribution < 1.29 is 27.5 Å². The van der Waals surface area contributed by atoms with Gasteiger partial charge in [-0.3, -0.25) is 9.59 Å². The van der Waals surface area contributed by atoms with Crippen LogP contribution in [0.15, 0.2) is 29.2 Å². The molecule has 0 atom stereocenters. The molecule has 24 heavy (non-hydrogen) atoms. The number of halogens is 1. The van der Waals surface area contributed by atoms with E-state index in [0.717, 1.165) is 0 Å². The number of hydrogen-bond donors (Lipinski definition) is 2. The van der Waals surface area contributed by atoms with Crippen LogP contribution < -0.4 is 10.0 Å². The van der Waals surface area contributed by atoms with Gasteiger partial charge in [-0.25, -0.2) is 13.1 Å². The zero-order valence-corrected chi connectivity index (χ0v) is 14.7. The van der Waals surface area contributed by atoms with Crippen molar-refractivity contribution in [2.45, 2.75) is 11.3 Å². The average molecular weight is 379 g/mol. The number of sulfonamides is 1. The van der Waals surface area contributed by atoms with Crippen LogP contribution >= 0.6 is 11.6 Å². The molecule has 1 aromatic rings. The molecule has 1 amide bonds. The lowest BCUT2D eigenvalue weighted by Crippen LogP contribution is -2.32. The molecule has 134 valence electrons. The van der Waals surface area contributed by atoms with Crippen LogP contribution in [-0.2, 0) is 29.1 Å². The van der Waals surface area contributed by atoms with Gasteiger partial charge in [0, 0.05) is 20.2 Å². The van der Waals surface area contributed by atoms with Gasteiger partial charge in [0.25, 0.3) is 5.91 Å². The monoisotopic (exact) mass is 378 g/mol. The summed E-state index contributed by atoms with van der Waals surface area (Å²) in [6.07, 6.45) is -0.213. The Morgan fingerprint density at radius 2 is 1.92 bits per heavy atom. The number of carbonyl (C=O) groups is 2. The van der Waals surface area contributed by atoms with Gasteiger partial charge in [-0.2, -0.15) is 0 Å². The summed E-state index contributed by atoms with van der Waals surface area (Å²) in [5.74, 6) is -1.16. The quantitative estimate of drug-likeness (QED) is 0.448. The van der Waals surface area contributed by atoms with E-state index >= 15 is 0 Å². The van der Waals surface area contributed by atoms with Crippen molar-refractivity contribution in [1.29, 1.82) is 0 Å². The Balaban J connectivity index is 2.33. The number of methoxy groups -OCH3 is 1. The molecule has 0 unspecified atom stereocenters. The molecule has 0 radical (unpaired) electrons. The highest BCUT2D eigenvalue weighted by atomic mass is 35.5. The van der Waals surface area contributed by atoms with Gasteiger partial charge < -0.3 is 14.8 Å². The second-order valence-electron chi connectivity index (χ2n) is 4.58. The third-order valence-electron chi connectivity index (χ3n) is 2.74. The molecular formula is C14H19ClN2O6S. The van der Waals surface area contributed by atoms with Crippen LogP contribution in [0.3, 0.4) is 0 Å². The number of rotatable bonds is 10. The van der Waals surface area contributed by atoms with Gasteiger partial charge in [0.05, 0.1) is 18.1 Å². The van der Waals surface area contributed by atoms with Crippen molar-refractivity contribution in [3.8, 4) is 0 Å². The summed E-state index contributed by atoms with van der Waals surface area (Å²) >= 11 is 5.82. The lowest BCUT2D eigenvalue weighted by Gasteiger charge is -2.08. The molecule has 1 aromatic carbocycles. The first kappa shape index (κ1) is 20.4. The van der Waals surface area contributed by atoms with Crippen LogP contribution in [0.2, 0.25) is 5.02 Å². The Bertz CT molecular complexity index is 665. The minimum absolute atomic E-state index is 0.0717. The van der Waals surface area contributed by atoms with E-state index in [2.05, 4.69) is 10.0 Å². The van der Waals surface area contributed by atoms with Crippen molar-refractivity contribution in [3.05, 3.63) is 29.3 Å². The molecule has 0 fully saturated rings. The van der Waals surface area contributed by atoms with Crippen molar-refractivity contribution in [2.24, 2.45) is 0 Å². The highest BCUT2D eigenvalue weighted by molar-refractivity contribution is 7.89. The summed E-state index contributed by atoms with van der Waals surface area (Å²) in [4.78, 5) is 22.7. The molecule has 0 bridgehead atoms. The smallest absolute Gasteiger partial charge is 0.307 e. The number of esters is 1. The molecule has 0 saturated heterocycles. The predicted molar refractivity (Wildman–Crippen MR) is 87.1 cm³/mol. The second kappa shape index (κ2) is 10.2. The van der Waals surface area contributed by atoms with Gasteiger partial charge in [-0.05, 0) is 12.1 Å². The van der Waals surface area contributed by atoms with Crippen LogP contribution in [0.5, 0.6) is 0 Å². The zero-order valence-electron chi connectivity index (χ0n) is 13.1. The van der Waals surface area contributed by atoms with Crippen molar-refractivity contribution >= 4 is 33.5 Å². The van der Waals surface area contributed by atoms with Gasteiger partial charge in [-0.1, -0.05) is 23.7 Å². The summed E-state index contributed by atoms with van der Waals surface area (Å²) in [6, 6.07) is 5.95. The van der Waals surface area contributed by atoms with Crippen LogP contribution in [0.25, 0.3) is 0 Å². The first-order valence-corrected chi connectivity index (χ1v) is 8.88. The van der Waals surface area contributed by atoms with E-state index in [1.807, 2.05) is 0 Å². The van der Waals surface area contributed by atoms with Crippen LogP contribution in [-0.4, -0.2) is 53.7 Å². The minimum Gasteiger partial charge on any atom is -0.456 e. The normalized spacial score (nSPS) is 11.1. The lowest BCUT2D eigenvalue weighted by molar-refractivity contribution is -0.148. The molecule has 0 aliphatic heterocycles. The molecule has 8 nitrogen and oxygen atoms in total. The number of nitrogens with one attached hydrogen (secondary N) is 2. The van der Waals surface area contributed by atoms with E-state index in [-0.39, 0.29) is 22.9 Å². The van der Waals surface area contributed by atoms with Gasteiger partial charge >= 0.3 is 5.97 Å². The number of ether oxygens (including phenoxy) is 2. The maximum Gasteiger partial charge on any atom is 0.307 e. The Hall–Kier alpha value is -1.68. The van der Waals surface area contributed by atoms with Gasteiger partial charge in [-0.15, -0.1) is 0 Å². The summed E-state index contributed by atoms with van der Waals surface area (Å²) in [5, 5.41) is 2.56. The fourth-order valence-electron chi connectivity index (χ4n) is 1.59. The highest BCUT2D eigenvalue weighted by Gasteiger charge is 2.17. The fourth-order valence-corrected chi connectivity index (χ4v) is 3.14. The van der Waals surface area contributed by atoms with Gasteiger partial charge in [0.15, 0.2) is 6.61 Å². The second-order valence-corrected chi connectivity index (χ2v) is 6.72. The van der Waals surface area contributed by atoms with Crippen molar-refractivity contribution in [2.75, 3.05) is 33.4 Å². The van der Waals surface area contributed by atoms with E-state index in [0.29, 0.717) is 13.2 Å². The number of amides is 1. The van der Waals surface area contributed by atoms with Gasteiger partial charge in [0.2, 0.25) is 10.0 Å². The summed E-state index contributed by atoms with van der Waals surface area (Å²) < 4.78 is 35.8. The largest absolute Gasteiger partial charge is 0.456 e. The Labute approximate surface area is 145 Å². The van der Waals surface area contributed by atoms with E-state index in [4.69, 9.17) is 21.1 Å². The van der Waals surface area contributed by atoms with E-state index in [1.165, 1.54) is 25.3 Å². The molecule has 0 aliphatic rings. The van der Waals surface area contributed by atoms with E-state index in [9.17, 15) is 18.0 Å². The molecule has 0 saturated carbocycles. The molecule has 1 rings (SSSR count). The first-order valence-electron chi connectivity index (χ1n) is 7.02. The number of hydrogen-bond acceptors (Lipinski definition) is 6. The molecule has 0 aromatic heterocycles. The molecule has 0 spiro atoms. The highest BCUT2D eigenvalue weighted by Crippen LogP contribution is 2.19. The standard InChI is InChI=1S/C14H19ClN2O6S/c1-22-9-8-16-13(18)10-23-14(19)6-7-17-24(20,21)12-5-3-2-4-11(12)15/h2-5,17H,6-10H2,1H3,(H,16,18). The number of carbonyl (C=O) groups excluding carboxylic acids is 2. The lowest BCUT2D eigenvalue weighted by atomic mass is 10.4.